The Morgan fingerprint density at radius 2 is 1.38 bits per heavy atom. The van der Waals surface area contributed by atoms with E-state index in [9.17, 15) is 42.3 Å². The summed E-state index contributed by atoms with van der Waals surface area (Å²) in [5.41, 5.74) is -0.935. The molecule has 4 amide bonds. The van der Waals surface area contributed by atoms with E-state index >= 15 is 8.78 Å². The molecular formula is C40H23Br2Cl2F5N2O7. The number of methoxy groups -OCH3 is 1. The highest BCUT2D eigenvalue weighted by Gasteiger charge is 2.77. The van der Waals surface area contributed by atoms with Crippen LogP contribution in [0.3, 0.4) is 0 Å². The van der Waals surface area contributed by atoms with E-state index in [1.165, 1.54) is 43.5 Å². The number of phenols is 1. The number of ketones is 1. The Morgan fingerprint density at radius 3 is 1.98 bits per heavy atom. The molecule has 18 heteroatoms. The number of carbonyl (C=O) groups is 5. The van der Waals surface area contributed by atoms with Gasteiger partial charge in [-0.15, -0.1) is 23.2 Å². The maximum absolute atomic E-state index is 15.4. The minimum Gasteiger partial charge on any atom is -0.503 e. The summed E-state index contributed by atoms with van der Waals surface area (Å²) < 4.78 is 79.5. The Kier molecular flexibility index (Phi) is 9.69. The number of fused-ring (bicyclic) bond motifs is 4. The van der Waals surface area contributed by atoms with Crippen molar-refractivity contribution in [3.05, 3.63) is 127 Å². The number of rotatable bonds is 6. The normalized spacial score (nSPS) is 26.4. The molecule has 6 atom stereocenters. The molecule has 6 unspecified atom stereocenters. The van der Waals surface area contributed by atoms with Gasteiger partial charge in [-0.05, 0) is 86.5 Å². The third kappa shape index (κ3) is 5.33. The Hall–Kier alpha value is -4.64. The van der Waals surface area contributed by atoms with Crippen molar-refractivity contribution in [1.82, 2.24) is 0 Å². The van der Waals surface area contributed by atoms with Crippen LogP contribution in [0, 0.1) is 46.8 Å². The predicted molar refractivity (Wildman–Crippen MR) is 205 cm³/mol. The van der Waals surface area contributed by atoms with Crippen molar-refractivity contribution < 1.29 is 55.8 Å². The molecule has 0 bridgehead atoms. The van der Waals surface area contributed by atoms with Crippen LogP contribution in [0.5, 0.6) is 11.5 Å². The van der Waals surface area contributed by atoms with Crippen LogP contribution in [-0.4, -0.2) is 51.4 Å². The highest BCUT2D eigenvalue weighted by atomic mass is 79.9. The molecule has 9 nitrogen and oxygen atoms in total. The smallest absolute Gasteiger partial charge is 0.258 e. The van der Waals surface area contributed by atoms with E-state index in [1.54, 1.807) is 30.3 Å². The topological polar surface area (TPSA) is 121 Å². The molecule has 58 heavy (non-hydrogen) atoms. The molecule has 0 spiro atoms. The largest absolute Gasteiger partial charge is 0.503 e. The number of alkyl halides is 2. The molecule has 0 radical (unpaired) electrons. The number of halogens is 9. The maximum atomic E-state index is 15.4. The lowest BCUT2D eigenvalue weighted by Crippen LogP contribution is -2.60. The lowest BCUT2D eigenvalue weighted by atomic mass is 9.56. The summed E-state index contributed by atoms with van der Waals surface area (Å²) in [6.45, 7) is 0. The van der Waals surface area contributed by atoms with Gasteiger partial charge in [-0.1, -0.05) is 42.0 Å². The second-order valence-electron chi connectivity index (χ2n) is 14.1. The molecule has 8 rings (SSSR count). The Morgan fingerprint density at radius 1 is 0.793 bits per heavy atom. The molecule has 4 aromatic rings. The molecule has 1 saturated carbocycles. The van der Waals surface area contributed by atoms with Crippen LogP contribution < -0.4 is 14.5 Å². The van der Waals surface area contributed by atoms with Crippen molar-refractivity contribution in [2.24, 2.45) is 17.8 Å². The Bertz CT molecular complexity index is 2550. The summed E-state index contributed by atoms with van der Waals surface area (Å²) >= 11 is 21.1. The third-order valence-corrected chi connectivity index (χ3v) is 14.9. The van der Waals surface area contributed by atoms with Gasteiger partial charge in [0.1, 0.15) is 5.69 Å². The number of anilines is 2. The van der Waals surface area contributed by atoms with Gasteiger partial charge in [0.05, 0.1) is 29.1 Å². The maximum Gasteiger partial charge on any atom is 0.258 e. The fourth-order valence-electron chi connectivity index (χ4n) is 8.66. The third-order valence-electron chi connectivity index (χ3n) is 11.4. The fourth-order valence-corrected chi connectivity index (χ4v) is 10.5. The lowest BCUT2D eigenvalue weighted by Gasteiger charge is -2.51. The van der Waals surface area contributed by atoms with Crippen LogP contribution in [0.25, 0.3) is 0 Å². The van der Waals surface area contributed by atoms with E-state index in [2.05, 4.69) is 31.9 Å². The quantitative estimate of drug-likeness (QED) is 0.0391. The Balaban J connectivity index is 1.27. The number of amides is 4. The van der Waals surface area contributed by atoms with Crippen LogP contribution >= 0.6 is 55.1 Å². The number of benzene rings is 4. The second kappa shape index (κ2) is 14.0. The lowest BCUT2D eigenvalue weighted by molar-refractivity contribution is -0.125. The molecule has 4 aromatic carbocycles. The molecule has 2 aliphatic heterocycles. The van der Waals surface area contributed by atoms with Crippen molar-refractivity contribution >= 4 is 95.8 Å². The molecule has 0 aromatic heterocycles. The SMILES string of the molecule is COc1cc(C2C3=CCC4C(=O)N(c5ccc(C(=O)c6ccccc6)cc5)C(=O)C4C3CC3(Cl)C(=O)N(c4c(F)c(F)c(F)c(F)c4F)C(=O)C23Cl)c(Br)c(Br)c1O. The fraction of sp³-hybridized carbons (Fsp3) is 0.225. The minimum absolute atomic E-state index is 0.0105. The standard InChI is InChI=1S/C40H23Br2Cl2F5N2O7/c1-58-22-13-20(25(41)26(42)34(22)53)24-18-11-12-19-23(36(55)50(35(19)54)17-9-7-16(8-10-17)33(52)15-5-3-2-4-6-15)21(18)14-39(43)37(56)51(38(57)40(24,39)44)32-30(48)28(46)27(45)29(47)31(32)49/h2-11,13,19,21,23-24,53H,12,14H2,1H3. The summed E-state index contributed by atoms with van der Waals surface area (Å²) in [6, 6.07) is 15.4. The average Bonchev–Trinajstić information content (AvgIpc) is 3.56. The molecule has 3 fully saturated rings. The van der Waals surface area contributed by atoms with Crippen molar-refractivity contribution in [3.8, 4) is 11.5 Å². The first-order valence-electron chi connectivity index (χ1n) is 17.2. The summed E-state index contributed by atoms with van der Waals surface area (Å²) in [4.78, 5) is 65.9. The second-order valence-corrected chi connectivity index (χ2v) is 16.9. The molecule has 4 aliphatic rings. The summed E-state index contributed by atoms with van der Waals surface area (Å²) in [6.07, 6.45) is 0.702. The van der Waals surface area contributed by atoms with E-state index in [0.29, 0.717) is 5.56 Å². The minimum atomic E-state index is -2.81. The summed E-state index contributed by atoms with van der Waals surface area (Å²) in [5, 5.41) is 10.8. The zero-order chi connectivity index (χ0) is 41.9. The van der Waals surface area contributed by atoms with E-state index in [0.717, 1.165) is 4.90 Å². The number of phenolic OH excluding ortho intramolecular Hbond substituents is 1. The van der Waals surface area contributed by atoms with Crippen LogP contribution in [0.15, 0.2) is 81.3 Å². The van der Waals surface area contributed by atoms with Gasteiger partial charge < -0.3 is 9.84 Å². The first kappa shape index (κ1) is 40.2. The number of aromatic hydroxyl groups is 1. The number of allylic oxidation sites excluding steroid dienone is 2. The van der Waals surface area contributed by atoms with E-state index in [4.69, 9.17) is 27.9 Å². The molecule has 2 heterocycles. The number of carbonyl (C=O) groups excluding carboxylic acids is 5. The van der Waals surface area contributed by atoms with Gasteiger partial charge in [0.25, 0.3) is 11.8 Å². The zero-order valence-electron chi connectivity index (χ0n) is 29.3. The van der Waals surface area contributed by atoms with Gasteiger partial charge in [0.15, 0.2) is 50.3 Å². The van der Waals surface area contributed by atoms with E-state index in [-0.39, 0.29) is 54.2 Å². The van der Waals surface area contributed by atoms with Crippen molar-refractivity contribution in [2.75, 3.05) is 16.9 Å². The van der Waals surface area contributed by atoms with Crippen molar-refractivity contribution in [1.29, 1.82) is 0 Å². The van der Waals surface area contributed by atoms with Gasteiger partial charge in [-0.2, -0.15) is 0 Å². The monoisotopic (exact) mass is 966 g/mol. The summed E-state index contributed by atoms with van der Waals surface area (Å²) in [5.74, 6) is -23.3. The first-order valence-corrected chi connectivity index (χ1v) is 19.6. The number of ether oxygens (including phenoxy) is 1. The molecule has 298 valence electrons. The van der Waals surface area contributed by atoms with E-state index < -0.39 is 104 Å². The zero-order valence-corrected chi connectivity index (χ0v) is 34.0. The van der Waals surface area contributed by atoms with Crippen LogP contribution in [-0.2, 0) is 19.2 Å². The number of imide groups is 2. The van der Waals surface area contributed by atoms with Gasteiger partial charge >= 0.3 is 0 Å². The number of nitrogens with zero attached hydrogens (tertiary/aromatic N) is 2. The van der Waals surface area contributed by atoms with Gasteiger partial charge in [0, 0.05) is 21.5 Å². The highest BCUT2D eigenvalue weighted by Crippen LogP contribution is 2.67. The van der Waals surface area contributed by atoms with Crippen LogP contribution in [0.4, 0.5) is 33.3 Å². The molecule has 1 N–H and O–H groups in total. The number of hydrogen-bond donors (Lipinski definition) is 1. The van der Waals surface area contributed by atoms with Crippen LogP contribution in [0.1, 0.15) is 40.2 Å². The Labute approximate surface area is 351 Å². The molecule has 2 aliphatic carbocycles. The first-order chi connectivity index (χ1) is 27.4. The van der Waals surface area contributed by atoms with E-state index in [1.807, 2.05) is 0 Å². The van der Waals surface area contributed by atoms with Crippen LogP contribution in [0.2, 0.25) is 0 Å². The van der Waals surface area contributed by atoms with Gasteiger partial charge in [-0.3, -0.25) is 28.9 Å². The number of hydrogen-bond acceptors (Lipinski definition) is 7. The highest BCUT2D eigenvalue weighted by molar-refractivity contribution is 9.13. The summed E-state index contributed by atoms with van der Waals surface area (Å²) in [7, 11) is 1.20. The molecule has 2 saturated heterocycles. The van der Waals surface area contributed by atoms with Gasteiger partial charge in [-0.25, -0.2) is 26.9 Å². The molecular weight excluding hydrogens is 946 g/mol. The van der Waals surface area contributed by atoms with Gasteiger partial charge in [0.2, 0.25) is 17.6 Å². The average molecular weight is 969 g/mol. The van der Waals surface area contributed by atoms with Crippen molar-refractivity contribution in [2.45, 2.75) is 28.5 Å². The predicted octanol–water partition coefficient (Wildman–Crippen LogP) is 8.62. The van der Waals surface area contributed by atoms with Crippen molar-refractivity contribution in [3.63, 3.8) is 0 Å².